The zero-order chi connectivity index (χ0) is 13.0. The lowest BCUT2D eigenvalue weighted by Gasteiger charge is -2.23. The Kier molecular flexibility index (Phi) is 3.99. The first-order valence-corrected chi connectivity index (χ1v) is 6.47. The number of nitrogens with zero attached hydrogens (tertiary/aromatic N) is 2. The first kappa shape index (κ1) is 12.6. The summed E-state index contributed by atoms with van der Waals surface area (Å²) in [7, 11) is 0. The molecule has 0 aliphatic carbocycles. The third-order valence-corrected chi connectivity index (χ3v) is 3.65. The van der Waals surface area contributed by atoms with Gasteiger partial charge in [0.2, 0.25) is 5.91 Å². The number of carbonyl (C=O) groups is 1. The molecule has 1 amide bonds. The zero-order valence-electron chi connectivity index (χ0n) is 10.7. The van der Waals surface area contributed by atoms with Gasteiger partial charge in [-0.15, -0.1) is 0 Å². The summed E-state index contributed by atoms with van der Waals surface area (Å²) in [5.74, 6) is -0.624. The van der Waals surface area contributed by atoms with Crippen LogP contribution in [0.1, 0.15) is 31.2 Å². The Morgan fingerprint density at radius 1 is 1.28 bits per heavy atom. The van der Waals surface area contributed by atoms with Crippen LogP contribution in [-0.2, 0) is 4.79 Å². The number of benzene rings is 1. The lowest BCUT2D eigenvalue weighted by atomic mass is 9.87. The molecule has 94 valence electrons. The molecule has 0 N–H and O–H groups in total. The van der Waals surface area contributed by atoms with E-state index in [0.717, 1.165) is 31.5 Å². The minimum atomic E-state index is -0.564. The van der Waals surface area contributed by atoms with Gasteiger partial charge in [0.1, 0.15) is 5.92 Å². The summed E-state index contributed by atoms with van der Waals surface area (Å²) in [5, 5.41) is 9.29. The summed E-state index contributed by atoms with van der Waals surface area (Å²) >= 11 is 0. The highest BCUT2D eigenvalue weighted by molar-refractivity contribution is 5.82. The molecule has 1 aliphatic heterocycles. The van der Waals surface area contributed by atoms with Crippen molar-refractivity contribution in [1.82, 2.24) is 4.90 Å². The highest BCUT2D eigenvalue weighted by Crippen LogP contribution is 2.26. The number of carbonyl (C=O) groups excluding carboxylic acids is 1. The van der Waals surface area contributed by atoms with E-state index < -0.39 is 5.92 Å². The average Bonchev–Trinajstić information content (AvgIpc) is 2.94. The summed E-state index contributed by atoms with van der Waals surface area (Å²) in [4.78, 5) is 14.1. The van der Waals surface area contributed by atoms with Gasteiger partial charge in [-0.25, -0.2) is 0 Å². The zero-order valence-corrected chi connectivity index (χ0v) is 10.7. The van der Waals surface area contributed by atoms with Gasteiger partial charge in [-0.1, -0.05) is 37.3 Å². The maximum absolute atomic E-state index is 12.3. The largest absolute Gasteiger partial charge is 0.342 e. The van der Waals surface area contributed by atoms with Crippen LogP contribution in [0.15, 0.2) is 30.3 Å². The average molecular weight is 242 g/mol. The van der Waals surface area contributed by atoms with E-state index in [9.17, 15) is 10.1 Å². The quantitative estimate of drug-likeness (QED) is 0.817. The summed E-state index contributed by atoms with van der Waals surface area (Å²) < 4.78 is 0. The van der Waals surface area contributed by atoms with Gasteiger partial charge in [-0.2, -0.15) is 5.26 Å². The molecular weight excluding hydrogens is 224 g/mol. The van der Waals surface area contributed by atoms with Crippen molar-refractivity contribution in [2.45, 2.75) is 25.7 Å². The van der Waals surface area contributed by atoms with Crippen LogP contribution in [-0.4, -0.2) is 23.9 Å². The topological polar surface area (TPSA) is 44.1 Å². The van der Waals surface area contributed by atoms with Crippen LogP contribution in [0.3, 0.4) is 0 Å². The van der Waals surface area contributed by atoms with Gasteiger partial charge >= 0.3 is 0 Å². The normalized spacial score (nSPS) is 18.1. The van der Waals surface area contributed by atoms with Crippen molar-refractivity contribution in [3.8, 4) is 6.07 Å². The Bertz CT molecular complexity index is 443. The Morgan fingerprint density at radius 2 is 1.89 bits per heavy atom. The van der Waals surface area contributed by atoms with Crippen LogP contribution in [0.4, 0.5) is 0 Å². The van der Waals surface area contributed by atoms with Crippen molar-refractivity contribution in [2.24, 2.45) is 5.92 Å². The van der Waals surface area contributed by atoms with E-state index in [2.05, 4.69) is 6.07 Å². The molecule has 2 rings (SSSR count). The van der Waals surface area contributed by atoms with E-state index in [1.54, 1.807) is 0 Å². The van der Waals surface area contributed by atoms with E-state index in [0.29, 0.717) is 0 Å². The van der Waals surface area contributed by atoms with Gasteiger partial charge in [-0.3, -0.25) is 4.79 Å². The van der Waals surface area contributed by atoms with Crippen molar-refractivity contribution in [3.05, 3.63) is 35.9 Å². The number of amides is 1. The first-order valence-electron chi connectivity index (χ1n) is 6.47. The fourth-order valence-corrected chi connectivity index (χ4v) is 2.46. The standard InChI is InChI=1S/C15H18N2O/c1-12(13-7-3-2-4-8-13)14(11-16)15(18)17-9-5-6-10-17/h2-4,7-8,12,14H,5-6,9-10H2,1H3. The Hall–Kier alpha value is -1.82. The van der Waals surface area contributed by atoms with Gasteiger partial charge < -0.3 is 4.90 Å². The van der Waals surface area contributed by atoms with E-state index in [1.165, 1.54) is 0 Å². The molecule has 1 aliphatic rings. The molecule has 1 saturated heterocycles. The SMILES string of the molecule is CC(c1ccccc1)C(C#N)C(=O)N1CCCC1. The molecule has 3 nitrogen and oxygen atoms in total. The third kappa shape index (κ3) is 2.53. The third-order valence-electron chi connectivity index (χ3n) is 3.65. The molecule has 18 heavy (non-hydrogen) atoms. The van der Waals surface area contributed by atoms with Crippen LogP contribution in [0, 0.1) is 17.2 Å². The highest BCUT2D eigenvalue weighted by Gasteiger charge is 2.31. The highest BCUT2D eigenvalue weighted by atomic mass is 16.2. The molecule has 1 heterocycles. The predicted octanol–water partition coefficient (Wildman–Crippen LogP) is 2.55. The van der Waals surface area contributed by atoms with Crippen molar-refractivity contribution in [2.75, 3.05) is 13.1 Å². The smallest absolute Gasteiger partial charge is 0.240 e. The van der Waals surface area contributed by atoms with E-state index in [4.69, 9.17) is 0 Å². The van der Waals surface area contributed by atoms with Crippen LogP contribution < -0.4 is 0 Å². The van der Waals surface area contributed by atoms with Gasteiger partial charge in [0, 0.05) is 19.0 Å². The molecule has 2 unspecified atom stereocenters. The predicted molar refractivity (Wildman–Crippen MR) is 69.8 cm³/mol. The van der Waals surface area contributed by atoms with Gasteiger partial charge in [0.25, 0.3) is 0 Å². The molecule has 1 aromatic rings. The molecule has 2 atom stereocenters. The second-order valence-corrected chi connectivity index (χ2v) is 4.84. The van der Waals surface area contributed by atoms with Crippen molar-refractivity contribution >= 4 is 5.91 Å². The lowest BCUT2D eigenvalue weighted by molar-refractivity contribution is -0.133. The fraction of sp³-hybridized carbons (Fsp3) is 0.467. The Labute approximate surface area is 108 Å². The molecule has 0 saturated carbocycles. The van der Waals surface area contributed by atoms with Crippen molar-refractivity contribution in [1.29, 1.82) is 5.26 Å². The van der Waals surface area contributed by atoms with Gasteiger partial charge in [0.15, 0.2) is 0 Å². The molecule has 0 aromatic heterocycles. The number of nitriles is 1. The van der Waals surface area contributed by atoms with Crippen LogP contribution in [0.5, 0.6) is 0 Å². The number of likely N-dealkylation sites (tertiary alicyclic amines) is 1. The molecule has 0 spiro atoms. The maximum Gasteiger partial charge on any atom is 0.240 e. The molecule has 0 radical (unpaired) electrons. The minimum absolute atomic E-state index is 0.00801. The second kappa shape index (κ2) is 5.68. The van der Waals surface area contributed by atoms with Crippen LogP contribution in [0.2, 0.25) is 0 Å². The molecular formula is C15H18N2O. The van der Waals surface area contributed by atoms with Crippen LogP contribution in [0.25, 0.3) is 0 Å². The fourth-order valence-electron chi connectivity index (χ4n) is 2.46. The lowest BCUT2D eigenvalue weighted by Crippen LogP contribution is -2.35. The number of rotatable bonds is 3. The molecule has 0 bridgehead atoms. The monoisotopic (exact) mass is 242 g/mol. The van der Waals surface area contributed by atoms with Crippen molar-refractivity contribution in [3.63, 3.8) is 0 Å². The molecule has 1 aromatic carbocycles. The van der Waals surface area contributed by atoms with Crippen molar-refractivity contribution < 1.29 is 4.79 Å². The van der Waals surface area contributed by atoms with Gasteiger partial charge in [-0.05, 0) is 18.4 Å². The van der Waals surface area contributed by atoms with E-state index in [1.807, 2.05) is 42.2 Å². The number of hydrogen-bond donors (Lipinski definition) is 0. The minimum Gasteiger partial charge on any atom is -0.342 e. The van der Waals surface area contributed by atoms with E-state index >= 15 is 0 Å². The van der Waals surface area contributed by atoms with Gasteiger partial charge in [0.05, 0.1) is 6.07 Å². The Morgan fingerprint density at radius 3 is 2.44 bits per heavy atom. The maximum atomic E-state index is 12.3. The summed E-state index contributed by atoms with van der Waals surface area (Å²) in [6.45, 7) is 3.56. The Balaban J connectivity index is 2.13. The summed E-state index contributed by atoms with van der Waals surface area (Å²) in [5.41, 5.74) is 1.05. The second-order valence-electron chi connectivity index (χ2n) is 4.84. The van der Waals surface area contributed by atoms with Crippen LogP contribution >= 0.6 is 0 Å². The molecule has 3 heteroatoms. The summed E-state index contributed by atoms with van der Waals surface area (Å²) in [6.07, 6.45) is 2.12. The molecule has 1 fully saturated rings. The number of hydrogen-bond acceptors (Lipinski definition) is 2. The first-order chi connectivity index (χ1) is 8.74. The van der Waals surface area contributed by atoms with E-state index in [-0.39, 0.29) is 11.8 Å². The summed E-state index contributed by atoms with van der Waals surface area (Å²) in [6, 6.07) is 12.0.